The van der Waals surface area contributed by atoms with Gasteiger partial charge in [-0.05, 0) is 66.6 Å². The van der Waals surface area contributed by atoms with Gasteiger partial charge in [0.05, 0.1) is 12.6 Å². The van der Waals surface area contributed by atoms with E-state index in [4.69, 9.17) is 10.5 Å². The molecule has 0 aromatic carbocycles. The standard InChI is InChI=1S/C33H51N5O7/c1-31(2,3)25(36-30(44)37-33(13-7-6-8-14-33)29(43)45-17-19-11-12-19)28(42)38-16-20-22(32(20,4)5)23(38)27(41)35-21(15-18-9-10-18)24(39)26(34)40/h18-23,25H,6-17H2,1-5H3,(H2,34,40)(H,35,41)(H2,36,37,44)/t20?,21?,22-,23-,25+/m0/s1. The average molecular weight is 630 g/mol. The summed E-state index contributed by atoms with van der Waals surface area (Å²) in [7, 11) is 0. The van der Waals surface area contributed by atoms with E-state index in [0.717, 1.165) is 44.9 Å². The lowest BCUT2D eigenvalue weighted by atomic mass is 9.81. The van der Waals surface area contributed by atoms with Crippen LogP contribution in [0.15, 0.2) is 0 Å². The summed E-state index contributed by atoms with van der Waals surface area (Å²) in [6.07, 6.45) is 7.73. The van der Waals surface area contributed by atoms with Gasteiger partial charge in [-0.2, -0.15) is 0 Å². The number of likely N-dealkylation sites (tertiary alicyclic amines) is 1. The second-order valence-electron chi connectivity index (χ2n) is 15.9. The monoisotopic (exact) mass is 629 g/mol. The lowest BCUT2D eigenvalue weighted by Crippen LogP contribution is -2.64. The van der Waals surface area contributed by atoms with Crippen molar-refractivity contribution in [3.8, 4) is 0 Å². The largest absolute Gasteiger partial charge is 0.464 e. The van der Waals surface area contributed by atoms with Crippen LogP contribution >= 0.6 is 0 Å². The summed E-state index contributed by atoms with van der Waals surface area (Å²) in [5.41, 5.74) is 3.23. The quantitative estimate of drug-likeness (QED) is 0.189. The van der Waals surface area contributed by atoms with Gasteiger partial charge in [0.25, 0.3) is 5.91 Å². The third kappa shape index (κ3) is 7.14. The molecular weight excluding hydrogens is 578 g/mol. The predicted octanol–water partition coefficient (Wildman–Crippen LogP) is 2.18. The van der Waals surface area contributed by atoms with Crippen LogP contribution in [0.1, 0.15) is 98.8 Å². The van der Waals surface area contributed by atoms with E-state index in [9.17, 15) is 28.8 Å². The van der Waals surface area contributed by atoms with Gasteiger partial charge in [-0.1, -0.05) is 66.7 Å². The van der Waals surface area contributed by atoms with Crippen molar-refractivity contribution in [3.63, 3.8) is 0 Å². The van der Waals surface area contributed by atoms with Gasteiger partial charge in [0.1, 0.15) is 17.6 Å². The maximum atomic E-state index is 14.3. The summed E-state index contributed by atoms with van der Waals surface area (Å²) in [4.78, 5) is 80.9. The number of nitrogens with zero attached hydrogens (tertiary/aromatic N) is 1. The normalized spacial score (nSPS) is 27.8. The van der Waals surface area contributed by atoms with Crippen LogP contribution in [-0.4, -0.2) is 77.2 Å². The first-order valence-corrected chi connectivity index (χ1v) is 16.8. The molecule has 1 heterocycles. The number of fused-ring (bicyclic) bond motifs is 1. The number of hydrogen-bond acceptors (Lipinski definition) is 7. The van der Waals surface area contributed by atoms with Crippen molar-refractivity contribution in [2.45, 2.75) is 122 Å². The number of ketones is 1. The molecular formula is C33H51N5O7. The zero-order valence-corrected chi connectivity index (χ0v) is 27.4. The molecule has 5 aliphatic rings. The molecule has 1 aliphatic heterocycles. The van der Waals surface area contributed by atoms with Gasteiger partial charge in [0.15, 0.2) is 0 Å². The number of hydrogen-bond donors (Lipinski definition) is 4. The molecule has 4 saturated carbocycles. The first-order valence-electron chi connectivity index (χ1n) is 16.8. The molecule has 5 N–H and O–H groups in total. The van der Waals surface area contributed by atoms with Crippen molar-refractivity contribution in [2.24, 2.45) is 40.2 Å². The second kappa shape index (κ2) is 12.2. The van der Waals surface area contributed by atoms with Crippen molar-refractivity contribution in [1.29, 1.82) is 0 Å². The van der Waals surface area contributed by atoms with Crippen LogP contribution in [-0.2, 0) is 28.7 Å². The van der Waals surface area contributed by atoms with Gasteiger partial charge in [-0.15, -0.1) is 0 Å². The van der Waals surface area contributed by atoms with Crippen molar-refractivity contribution in [1.82, 2.24) is 20.9 Å². The Hall–Kier alpha value is -3.18. The number of Topliss-reactive ketones (excluding diaryl/α,β-unsaturated/α-hetero) is 1. The third-order valence-electron chi connectivity index (χ3n) is 10.9. The molecule has 45 heavy (non-hydrogen) atoms. The lowest BCUT2D eigenvalue weighted by molar-refractivity contribution is -0.153. The number of nitrogens with two attached hydrogens (primary N) is 1. The van der Waals surface area contributed by atoms with Crippen LogP contribution in [0.2, 0.25) is 0 Å². The molecule has 5 rings (SSSR count). The Bertz CT molecular complexity index is 1230. The van der Waals surface area contributed by atoms with Crippen LogP contribution in [0.3, 0.4) is 0 Å². The molecule has 5 atom stereocenters. The first-order chi connectivity index (χ1) is 21.0. The number of primary amides is 1. The van der Waals surface area contributed by atoms with Crippen LogP contribution in [0.4, 0.5) is 4.79 Å². The number of ether oxygens (including phenoxy) is 1. The summed E-state index contributed by atoms with van der Waals surface area (Å²) >= 11 is 0. The lowest BCUT2D eigenvalue weighted by Gasteiger charge is -2.39. The van der Waals surface area contributed by atoms with Crippen LogP contribution in [0.5, 0.6) is 0 Å². The highest BCUT2D eigenvalue weighted by molar-refractivity contribution is 6.37. The molecule has 4 aliphatic carbocycles. The Morgan fingerprint density at radius 2 is 1.56 bits per heavy atom. The average Bonchev–Trinajstić information content (AvgIpc) is 3.92. The van der Waals surface area contributed by atoms with E-state index >= 15 is 0 Å². The third-order valence-corrected chi connectivity index (χ3v) is 10.9. The van der Waals surface area contributed by atoms with Crippen molar-refractivity contribution in [3.05, 3.63) is 0 Å². The summed E-state index contributed by atoms with van der Waals surface area (Å²) in [5.74, 6) is -2.67. The zero-order valence-electron chi connectivity index (χ0n) is 27.4. The Labute approximate surface area is 265 Å². The van der Waals surface area contributed by atoms with E-state index in [0.29, 0.717) is 38.3 Å². The van der Waals surface area contributed by atoms with Crippen molar-refractivity contribution >= 4 is 35.5 Å². The van der Waals surface area contributed by atoms with E-state index < -0.39 is 64.6 Å². The summed E-state index contributed by atoms with van der Waals surface area (Å²) in [5, 5.41) is 8.54. The highest BCUT2D eigenvalue weighted by atomic mass is 16.5. The molecule has 12 heteroatoms. The summed E-state index contributed by atoms with van der Waals surface area (Å²) in [6, 6.07) is -3.53. The smallest absolute Gasteiger partial charge is 0.331 e. The van der Waals surface area contributed by atoms with Crippen LogP contribution in [0.25, 0.3) is 0 Å². The molecule has 0 aromatic heterocycles. The molecule has 2 unspecified atom stereocenters. The molecule has 0 spiro atoms. The number of urea groups is 1. The van der Waals surface area contributed by atoms with Gasteiger partial charge in [0.2, 0.25) is 17.6 Å². The van der Waals surface area contributed by atoms with Crippen LogP contribution in [0, 0.1) is 34.5 Å². The van der Waals surface area contributed by atoms with E-state index in [1.165, 1.54) is 4.90 Å². The maximum Gasteiger partial charge on any atom is 0.331 e. The summed E-state index contributed by atoms with van der Waals surface area (Å²) in [6.45, 7) is 10.3. The van der Waals surface area contributed by atoms with Gasteiger partial charge in [-0.25, -0.2) is 9.59 Å². The van der Waals surface area contributed by atoms with Gasteiger partial charge in [-0.3, -0.25) is 19.2 Å². The fraction of sp³-hybridized carbons (Fsp3) is 0.818. The summed E-state index contributed by atoms with van der Waals surface area (Å²) < 4.78 is 5.62. The van der Waals surface area contributed by atoms with Gasteiger partial charge >= 0.3 is 12.0 Å². The minimum atomic E-state index is -1.14. The Morgan fingerprint density at radius 1 is 0.933 bits per heavy atom. The number of carbonyl (C=O) groups is 6. The number of nitrogens with one attached hydrogen (secondary N) is 3. The van der Waals surface area contributed by atoms with E-state index in [1.807, 2.05) is 20.8 Å². The molecule has 12 nitrogen and oxygen atoms in total. The predicted molar refractivity (Wildman–Crippen MR) is 164 cm³/mol. The highest BCUT2D eigenvalue weighted by Gasteiger charge is 2.70. The van der Waals surface area contributed by atoms with Crippen LogP contribution < -0.4 is 21.7 Å². The van der Waals surface area contributed by atoms with Crippen molar-refractivity contribution in [2.75, 3.05) is 13.2 Å². The number of piperidine rings is 1. The van der Waals surface area contributed by atoms with Gasteiger partial charge < -0.3 is 31.3 Å². The van der Waals surface area contributed by atoms with E-state index in [2.05, 4.69) is 29.8 Å². The van der Waals surface area contributed by atoms with E-state index in [1.54, 1.807) is 0 Å². The van der Waals surface area contributed by atoms with Gasteiger partial charge in [0, 0.05) is 6.54 Å². The topological polar surface area (TPSA) is 177 Å². The fourth-order valence-corrected chi connectivity index (χ4v) is 7.51. The highest BCUT2D eigenvalue weighted by Crippen LogP contribution is 2.65. The SMILES string of the molecule is CC(C)(C)[C@H](NC(=O)NC1(C(=O)OCC2CC2)CCCCC1)C(=O)N1CC2[C@@H]([C@H]1C(=O)NC(CC1CC1)C(=O)C(N)=O)C2(C)C. The number of rotatable bonds is 12. The van der Waals surface area contributed by atoms with E-state index in [-0.39, 0.29) is 23.2 Å². The molecule has 0 bridgehead atoms. The molecule has 5 fully saturated rings. The molecule has 0 aromatic rings. The molecule has 250 valence electrons. The number of esters is 1. The molecule has 0 radical (unpaired) electrons. The second-order valence-corrected chi connectivity index (χ2v) is 15.9. The Balaban J connectivity index is 1.32. The molecule has 5 amide bonds. The fourth-order valence-electron chi connectivity index (χ4n) is 7.51. The number of carbonyl (C=O) groups excluding carboxylic acids is 6. The molecule has 1 saturated heterocycles. The zero-order chi connectivity index (χ0) is 32.9. The minimum Gasteiger partial charge on any atom is -0.464 e. The number of amides is 5. The van der Waals surface area contributed by atoms with Crippen molar-refractivity contribution < 1.29 is 33.5 Å². The Morgan fingerprint density at radius 3 is 2.11 bits per heavy atom. The maximum absolute atomic E-state index is 14.3. The first kappa shape index (κ1) is 33.2. The Kier molecular flexibility index (Phi) is 9.00. The minimum absolute atomic E-state index is 0.0760.